The average Bonchev–Trinajstić information content (AvgIpc) is 2.39. The highest BCUT2D eigenvalue weighted by atomic mass is 35.5. The molecule has 2 rings (SSSR count). The van der Waals surface area contributed by atoms with Gasteiger partial charge in [-0.1, -0.05) is 18.2 Å². The number of benzene rings is 2. The lowest BCUT2D eigenvalue weighted by Crippen LogP contribution is -2.11. The standard InChI is InChI=1S/C14H11ClFNO/c15-9-10-4-6-11(7-5-10)14(18)17-13-3-1-2-12(16)8-13/h1-8H,9H2,(H,17,18). The summed E-state index contributed by atoms with van der Waals surface area (Å²) in [4.78, 5) is 11.9. The van der Waals surface area contributed by atoms with Gasteiger partial charge in [0.15, 0.2) is 0 Å². The SMILES string of the molecule is O=C(Nc1cccc(F)c1)c1ccc(CCl)cc1. The molecule has 0 unspecified atom stereocenters. The summed E-state index contributed by atoms with van der Waals surface area (Å²) in [5.41, 5.74) is 1.88. The van der Waals surface area contributed by atoms with Crippen LogP contribution in [0.1, 0.15) is 15.9 Å². The van der Waals surface area contributed by atoms with E-state index in [1.807, 2.05) is 0 Å². The molecule has 2 aromatic rings. The van der Waals surface area contributed by atoms with Crippen LogP contribution >= 0.6 is 11.6 Å². The molecule has 0 aliphatic carbocycles. The molecule has 0 radical (unpaired) electrons. The molecular formula is C14H11ClFNO. The molecule has 0 fully saturated rings. The maximum Gasteiger partial charge on any atom is 0.255 e. The van der Waals surface area contributed by atoms with Gasteiger partial charge in [0.05, 0.1) is 0 Å². The van der Waals surface area contributed by atoms with E-state index in [1.54, 1.807) is 36.4 Å². The van der Waals surface area contributed by atoms with E-state index < -0.39 is 0 Å². The van der Waals surface area contributed by atoms with Crippen molar-refractivity contribution in [2.24, 2.45) is 0 Å². The van der Waals surface area contributed by atoms with E-state index in [2.05, 4.69) is 5.32 Å². The molecule has 1 amide bonds. The summed E-state index contributed by atoms with van der Waals surface area (Å²) in [7, 11) is 0. The fourth-order valence-electron chi connectivity index (χ4n) is 1.51. The van der Waals surface area contributed by atoms with Crippen molar-refractivity contribution in [2.45, 2.75) is 5.88 Å². The van der Waals surface area contributed by atoms with Gasteiger partial charge in [-0.25, -0.2) is 4.39 Å². The van der Waals surface area contributed by atoms with Crippen molar-refractivity contribution in [2.75, 3.05) is 5.32 Å². The summed E-state index contributed by atoms with van der Waals surface area (Å²) in [6.07, 6.45) is 0. The monoisotopic (exact) mass is 263 g/mol. The van der Waals surface area contributed by atoms with Crippen LogP contribution in [0.15, 0.2) is 48.5 Å². The molecule has 2 nitrogen and oxygen atoms in total. The molecule has 0 aliphatic rings. The van der Waals surface area contributed by atoms with Crippen LogP contribution in [0.4, 0.5) is 10.1 Å². The molecule has 1 N–H and O–H groups in total. The highest BCUT2D eigenvalue weighted by Crippen LogP contribution is 2.12. The van der Waals surface area contributed by atoms with Gasteiger partial charge in [-0.05, 0) is 35.9 Å². The number of carbonyl (C=O) groups is 1. The van der Waals surface area contributed by atoms with Crippen molar-refractivity contribution < 1.29 is 9.18 Å². The van der Waals surface area contributed by atoms with Crippen LogP contribution in [0.5, 0.6) is 0 Å². The Morgan fingerprint density at radius 2 is 1.89 bits per heavy atom. The highest BCUT2D eigenvalue weighted by molar-refractivity contribution is 6.17. The number of amides is 1. The van der Waals surface area contributed by atoms with Gasteiger partial charge >= 0.3 is 0 Å². The minimum Gasteiger partial charge on any atom is -0.322 e. The van der Waals surface area contributed by atoms with Crippen LogP contribution in [0.3, 0.4) is 0 Å². The zero-order valence-corrected chi connectivity index (χ0v) is 10.2. The first-order valence-corrected chi connectivity index (χ1v) is 5.94. The van der Waals surface area contributed by atoms with Crippen molar-refractivity contribution in [3.63, 3.8) is 0 Å². The van der Waals surface area contributed by atoms with E-state index in [0.29, 0.717) is 17.1 Å². The lowest BCUT2D eigenvalue weighted by molar-refractivity contribution is 0.102. The van der Waals surface area contributed by atoms with Crippen LogP contribution in [-0.4, -0.2) is 5.91 Å². The van der Waals surface area contributed by atoms with Gasteiger partial charge in [-0.3, -0.25) is 4.79 Å². The van der Waals surface area contributed by atoms with Crippen LogP contribution in [0.2, 0.25) is 0 Å². The molecule has 0 spiro atoms. The minimum absolute atomic E-state index is 0.276. The lowest BCUT2D eigenvalue weighted by atomic mass is 10.1. The van der Waals surface area contributed by atoms with E-state index in [0.717, 1.165) is 5.56 Å². The first-order chi connectivity index (χ1) is 8.69. The third kappa shape index (κ3) is 3.08. The van der Waals surface area contributed by atoms with Crippen LogP contribution in [0, 0.1) is 5.82 Å². The molecule has 18 heavy (non-hydrogen) atoms. The molecule has 0 heterocycles. The maximum absolute atomic E-state index is 13.0. The molecule has 0 bridgehead atoms. The summed E-state index contributed by atoms with van der Waals surface area (Å²) < 4.78 is 13.0. The van der Waals surface area contributed by atoms with Crippen molar-refractivity contribution >= 4 is 23.2 Å². The fourth-order valence-corrected chi connectivity index (χ4v) is 1.69. The Balaban J connectivity index is 2.11. The van der Waals surface area contributed by atoms with Gasteiger partial charge in [-0.15, -0.1) is 11.6 Å². The smallest absolute Gasteiger partial charge is 0.255 e. The Morgan fingerprint density at radius 1 is 1.17 bits per heavy atom. The van der Waals surface area contributed by atoms with Gasteiger partial charge < -0.3 is 5.32 Å². The Kier molecular flexibility index (Phi) is 3.95. The van der Waals surface area contributed by atoms with Gasteiger partial charge in [0.1, 0.15) is 5.82 Å². The normalized spacial score (nSPS) is 10.1. The molecule has 0 atom stereocenters. The lowest BCUT2D eigenvalue weighted by Gasteiger charge is -2.05. The molecule has 0 saturated carbocycles. The third-order valence-corrected chi connectivity index (χ3v) is 2.76. The number of hydrogen-bond acceptors (Lipinski definition) is 1. The summed E-state index contributed by atoms with van der Waals surface area (Å²) in [6, 6.07) is 12.7. The van der Waals surface area contributed by atoms with Crippen molar-refractivity contribution in [1.82, 2.24) is 0 Å². The average molecular weight is 264 g/mol. The predicted molar refractivity (Wildman–Crippen MR) is 70.4 cm³/mol. The minimum atomic E-state index is -0.384. The number of rotatable bonds is 3. The number of alkyl halides is 1. The Labute approximate surface area is 109 Å². The first-order valence-electron chi connectivity index (χ1n) is 5.41. The van der Waals surface area contributed by atoms with E-state index >= 15 is 0 Å². The van der Waals surface area contributed by atoms with E-state index in [4.69, 9.17) is 11.6 Å². The summed E-state index contributed by atoms with van der Waals surface area (Å²) in [6.45, 7) is 0. The number of anilines is 1. The first kappa shape index (κ1) is 12.6. The predicted octanol–water partition coefficient (Wildman–Crippen LogP) is 3.82. The van der Waals surface area contributed by atoms with Gasteiger partial charge in [-0.2, -0.15) is 0 Å². The topological polar surface area (TPSA) is 29.1 Å². The van der Waals surface area contributed by atoms with Crippen molar-refractivity contribution in [1.29, 1.82) is 0 Å². The zero-order valence-electron chi connectivity index (χ0n) is 9.49. The summed E-state index contributed by atoms with van der Waals surface area (Å²) in [5.74, 6) is -0.252. The largest absolute Gasteiger partial charge is 0.322 e. The van der Waals surface area contributed by atoms with Crippen molar-refractivity contribution in [3.05, 3.63) is 65.5 Å². The molecule has 2 aromatic carbocycles. The fraction of sp³-hybridized carbons (Fsp3) is 0.0714. The molecule has 0 aliphatic heterocycles. The Bertz CT molecular complexity index is 554. The Hall–Kier alpha value is -1.87. The third-order valence-electron chi connectivity index (χ3n) is 2.45. The maximum atomic E-state index is 13.0. The summed E-state index contributed by atoms with van der Waals surface area (Å²) in [5, 5.41) is 2.62. The molecule has 0 saturated heterocycles. The molecular weight excluding hydrogens is 253 g/mol. The van der Waals surface area contributed by atoms with E-state index in [9.17, 15) is 9.18 Å². The molecule has 92 valence electrons. The van der Waals surface area contributed by atoms with Crippen molar-refractivity contribution in [3.8, 4) is 0 Å². The number of carbonyl (C=O) groups excluding carboxylic acids is 1. The zero-order chi connectivity index (χ0) is 13.0. The van der Waals surface area contributed by atoms with Gasteiger partial charge in [0, 0.05) is 17.1 Å². The van der Waals surface area contributed by atoms with Crippen LogP contribution in [0.25, 0.3) is 0 Å². The van der Waals surface area contributed by atoms with E-state index in [1.165, 1.54) is 12.1 Å². The second-order valence-corrected chi connectivity index (χ2v) is 4.06. The number of hydrogen-bond donors (Lipinski definition) is 1. The molecule has 4 heteroatoms. The highest BCUT2D eigenvalue weighted by Gasteiger charge is 2.06. The number of nitrogens with one attached hydrogen (secondary N) is 1. The Morgan fingerprint density at radius 3 is 2.50 bits per heavy atom. The number of halogens is 2. The van der Waals surface area contributed by atoms with E-state index in [-0.39, 0.29) is 11.7 Å². The van der Waals surface area contributed by atoms with Crippen LogP contribution < -0.4 is 5.32 Å². The second-order valence-electron chi connectivity index (χ2n) is 3.80. The quantitative estimate of drug-likeness (QED) is 0.838. The second kappa shape index (κ2) is 5.65. The molecule has 0 aromatic heterocycles. The van der Waals surface area contributed by atoms with Crippen LogP contribution in [-0.2, 0) is 5.88 Å². The van der Waals surface area contributed by atoms with Gasteiger partial charge in [0.2, 0.25) is 0 Å². The summed E-state index contributed by atoms with van der Waals surface area (Å²) >= 11 is 5.66. The van der Waals surface area contributed by atoms with Gasteiger partial charge in [0.25, 0.3) is 5.91 Å².